The first-order valence-corrected chi connectivity index (χ1v) is 4.77. The minimum Gasteiger partial charge on any atom is -0.302 e. The Labute approximate surface area is 90.4 Å². The number of carbonyl (C=O) groups is 2. The van der Waals surface area contributed by atoms with Crippen LogP contribution in [-0.2, 0) is 9.59 Å². The number of amides is 1. The van der Waals surface area contributed by atoms with Crippen molar-refractivity contribution in [3.63, 3.8) is 0 Å². The van der Waals surface area contributed by atoms with Gasteiger partial charge in [0.25, 0.3) is 5.91 Å². The molecule has 1 aromatic carbocycles. The Balaban J connectivity index is 2.42. The van der Waals surface area contributed by atoms with E-state index in [0.717, 1.165) is 4.90 Å². The molecular formula is C10H7ClFNO2. The van der Waals surface area contributed by atoms with Crippen LogP contribution in [0.4, 0.5) is 10.1 Å². The molecule has 2 rings (SSSR count). The van der Waals surface area contributed by atoms with E-state index in [1.165, 1.54) is 18.2 Å². The van der Waals surface area contributed by atoms with Crippen LogP contribution in [0.1, 0.15) is 6.42 Å². The standard InChI is InChI=1S/C10H7ClFNO2/c11-6-1-2-7(12)8(5-6)13-4-3-9(14)10(13)15/h1-2,5H,3-4H2. The second-order valence-electron chi connectivity index (χ2n) is 3.23. The van der Waals surface area contributed by atoms with Gasteiger partial charge in [0.05, 0.1) is 5.69 Å². The maximum Gasteiger partial charge on any atom is 0.294 e. The highest BCUT2D eigenvalue weighted by Crippen LogP contribution is 2.26. The van der Waals surface area contributed by atoms with Gasteiger partial charge in [-0.15, -0.1) is 0 Å². The highest BCUT2D eigenvalue weighted by Gasteiger charge is 2.31. The summed E-state index contributed by atoms with van der Waals surface area (Å²) >= 11 is 5.69. The lowest BCUT2D eigenvalue weighted by molar-refractivity contribution is -0.133. The molecule has 0 atom stereocenters. The minimum absolute atomic E-state index is 0.0679. The van der Waals surface area contributed by atoms with Gasteiger partial charge in [-0.1, -0.05) is 11.6 Å². The molecular weight excluding hydrogens is 221 g/mol. The summed E-state index contributed by atoms with van der Waals surface area (Å²) < 4.78 is 13.4. The summed E-state index contributed by atoms with van der Waals surface area (Å²) in [6.07, 6.45) is 0.130. The van der Waals surface area contributed by atoms with Crippen LogP contribution in [0.15, 0.2) is 18.2 Å². The number of rotatable bonds is 1. The van der Waals surface area contributed by atoms with E-state index in [4.69, 9.17) is 11.6 Å². The molecule has 3 nitrogen and oxygen atoms in total. The van der Waals surface area contributed by atoms with Crippen molar-refractivity contribution >= 4 is 29.0 Å². The van der Waals surface area contributed by atoms with Gasteiger partial charge in [0, 0.05) is 18.0 Å². The van der Waals surface area contributed by atoms with E-state index in [9.17, 15) is 14.0 Å². The third-order valence-corrected chi connectivity index (χ3v) is 2.48. The molecule has 1 aromatic rings. The molecule has 1 fully saturated rings. The lowest BCUT2D eigenvalue weighted by atomic mass is 10.3. The third kappa shape index (κ3) is 1.72. The van der Waals surface area contributed by atoms with Gasteiger partial charge in [0.15, 0.2) is 0 Å². The van der Waals surface area contributed by atoms with Gasteiger partial charge in [-0.2, -0.15) is 0 Å². The number of anilines is 1. The monoisotopic (exact) mass is 227 g/mol. The van der Waals surface area contributed by atoms with E-state index in [1.54, 1.807) is 0 Å². The predicted molar refractivity (Wildman–Crippen MR) is 53.4 cm³/mol. The third-order valence-electron chi connectivity index (χ3n) is 2.25. The quantitative estimate of drug-likeness (QED) is 0.686. The smallest absolute Gasteiger partial charge is 0.294 e. The van der Waals surface area contributed by atoms with E-state index < -0.39 is 17.5 Å². The molecule has 0 unspecified atom stereocenters. The zero-order valence-electron chi connectivity index (χ0n) is 7.67. The van der Waals surface area contributed by atoms with Crippen molar-refractivity contribution in [3.8, 4) is 0 Å². The number of ketones is 1. The van der Waals surface area contributed by atoms with E-state index in [0.29, 0.717) is 5.02 Å². The maximum absolute atomic E-state index is 13.4. The number of Topliss-reactive ketones (excluding diaryl/α,β-unsaturated/α-hetero) is 1. The molecule has 1 amide bonds. The fraction of sp³-hybridized carbons (Fsp3) is 0.200. The molecule has 15 heavy (non-hydrogen) atoms. The molecule has 0 aromatic heterocycles. The van der Waals surface area contributed by atoms with Crippen LogP contribution >= 0.6 is 11.6 Å². The first-order valence-electron chi connectivity index (χ1n) is 4.39. The average Bonchev–Trinajstić information content (AvgIpc) is 2.52. The molecule has 0 N–H and O–H groups in total. The van der Waals surface area contributed by atoms with Crippen LogP contribution in [0.25, 0.3) is 0 Å². The summed E-state index contributed by atoms with van der Waals surface area (Å²) in [5.74, 6) is -1.71. The molecule has 1 aliphatic rings. The van der Waals surface area contributed by atoms with Crippen LogP contribution < -0.4 is 4.90 Å². The summed E-state index contributed by atoms with van der Waals surface area (Å²) in [4.78, 5) is 23.5. The van der Waals surface area contributed by atoms with Crippen molar-refractivity contribution in [2.24, 2.45) is 0 Å². The van der Waals surface area contributed by atoms with Crippen molar-refractivity contribution in [3.05, 3.63) is 29.0 Å². The van der Waals surface area contributed by atoms with Crippen molar-refractivity contribution < 1.29 is 14.0 Å². The molecule has 0 bridgehead atoms. The first-order chi connectivity index (χ1) is 7.09. The lowest BCUT2D eigenvalue weighted by Gasteiger charge is -2.15. The largest absolute Gasteiger partial charge is 0.302 e. The van der Waals surface area contributed by atoms with Crippen LogP contribution in [0.5, 0.6) is 0 Å². The van der Waals surface area contributed by atoms with Crippen LogP contribution in [0.2, 0.25) is 5.02 Å². The lowest BCUT2D eigenvalue weighted by Crippen LogP contribution is -2.27. The molecule has 0 saturated carbocycles. The van der Waals surface area contributed by atoms with Gasteiger partial charge < -0.3 is 4.90 Å². The number of halogens is 2. The molecule has 5 heteroatoms. The van der Waals surface area contributed by atoms with E-state index >= 15 is 0 Å². The second-order valence-corrected chi connectivity index (χ2v) is 3.66. The number of nitrogens with zero attached hydrogens (tertiary/aromatic N) is 1. The Morgan fingerprint density at radius 2 is 2.07 bits per heavy atom. The SMILES string of the molecule is O=C1CCN(c2cc(Cl)ccc2F)C1=O. The van der Waals surface area contributed by atoms with Crippen molar-refractivity contribution in [2.75, 3.05) is 11.4 Å². The van der Waals surface area contributed by atoms with Gasteiger partial charge in [-0.3, -0.25) is 9.59 Å². The van der Waals surface area contributed by atoms with Gasteiger partial charge >= 0.3 is 0 Å². The predicted octanol–water partition coefficient (Wildman–Crippen LogP) is 1.78. The second kappa shape index (κ2) is 3.62. The Morgan fingerprint density at radius 3 is 2.67 bits per heavy atom. The summed E-state index contributed by atoms with van der Waals surface area (Å²) in [5.41, 5.74) is 0.0679. The molecule has 1 saturated heterocycles. The van der Waals surface area contributed by atoms with E-state index in [2.05, 4.69) is 0 Å². The number of hydrogen-bond donors (Lipinski definition) is 0. The number of benzene rings is 1. The zero-order chi connectivity index (χ0) is 11.0. The molecule has 1 heterocycles. The molecule has 1 aliphatic heterocycles. The van der Waals surface area contributed by atoms with Crippen LogP contribution in [0, 0.1) is 5.82 Å². The van der Waals surface area contributed by atoms with Crippen LogP contribution in [-0.4, -0.2) is 18.2 Å². The summed E-state index contributed by atoms with van der Waals surface area (Å²) in [6, 6.07) is 3.91. The molecule has 78 valence electrons. The number of carbonyl (C=O) groups excluding carboxylic acids is 2. The fourth-order valence-corrected chi connectivity index (χ4v) is 1.66. The molecule has 0 spiro atoms. The Bertz CT molecular complexity index is 447. The van der Waals surface area contributed by atoms with Gasteiger partial charge in [0.2, 0.25) is 5.78 Å². The Hall–Kier alpha value is -1.42. The topological polar surface area (TPSA) is 37.4 Å². The van der Waals surface area contributed by atoms with Crippen molar-refractivity contribution in [1.82, 2.24) is 0 Å². The minimum atomic E-state index is -0.670. The summed E-state index contributed by atoms with van der Waals surface area (Å²) in [7, 11) is 0. The highest BCUT2D eigenvalue weighted by atomic mass is 35.5. The maximum atomic E-state index is 13.4. The fourth-order valence-electron chi connectivity index (χ4n) is 1.49. The van der Waals surface area contributed by atoms with Gasteiger partial charge in [0.1, 0.15) is 5.82 Å². The van der Waals surface area contributed by atoms with Crippen molar-refractivity contribution in [1.29, 1.82) is 0 Å². The highest BCUT2D eigenvalue weighted by molar-refractivity contribution is 6.43. The van der Waals surface area contributed by atoms with Gasteiger partial charge in [-0.05, 0) is 18.2 Å². The Kier molecular flexibility index (Phi) is 2.44. The van der Waals surface area contributed by atoms with E-state index in [-0.39, 0.29) is 18.7 Å². The number of hydrogen-bond acceptors (Lipinski definition) is 2. The molecule has 0 aliphatic carbocycles. The Morgan fingerprint density at radius 1 is 1.33 bits per heavy atom. The van der Waals surface area contributed by atoms with Gasteiger partial charge in [-0.25, -0.2) is 4.39 Å². The van der Waals surface area contributed by atoms with E-state index in [1.807, 2.05) is 0 Å². The average molecular weight is 228 g/mol. The van der Waals surface area contributed by atoms with Crippen LogP contribution in [0.3, 0.4) is 0 Å². The zero-order valence-corrected chi connectivity index (χ0v) is 8.42. The molecule has 0 radical (unpaired) electrons. The summed E-state index contributed by atoms with van der Waals surface area (Å²) in [6.45, 7) is 0.217. The summed E-state index contributed by atoms with van der Waals surface area (Å²) in [5, 5.41) is 0.332. The normalized spacial score (nSPS) is 16.3. The first kappa shape index (κ1) is 10.1. The van der Waals surface area contributed by atoms with Crippen molar-refractivity contribution in [2.45, 2.75) is 6.42 Å².